The maximum atomic E-state index is 12.0. The summed E-state index contributed by atoms with van der Waals surface area (Å²) in [5.41, 5.74) is 0.889. The molecule has 0 unspecified atom stereocenters. The van der Waals surface area contributed by atoms with Crippen molar-refractivity contribution in [3.05, 3.63) is 28.8 Å². The summed E-state index contributed by atoms with van der Waals surface area (Å²) in [6, 6.07) is 6.88. The van der Waals surface area contributed by atoms with Crippen LogP contribution >= 0.6 is 11.6 Å². The second-order valence-electron chi connectivity index (χ2n) is 4.93. The Labute approximate surface area is 123 Å². The SMILES string of the molecule is CN1CCN(CC(=O)Nc2cc(Cl)ccc2C#N)CC1. The number of carbonyl (C=O) groups excluding carboxylic acids is 1. The van der Waals surface area contributed by atoms with E-state index in [9.17, 15) is 4.79 Å². The smallest absolute Gasteiger partial charge is 0.238 e. The van der Waals surface area contributed by atoms with Crippen LogP contribution in [-0.2, 0) is 4.79 Å². The van der Waals surface area contributed by atoms with Gasteiger partial charge >= 0.3 is 0 Å². The summed E-state index contributed by atoms with van der Waals surface area (Å²) in [6.07, 6.45) is 0. The van der Waals surface area contributed by atoms with Crippen molar-refractivity contribution in [1.82, 2.24) is 9.80 Å². The number of benzene rings is 1. The Morgan fingerprint density at radius 1 is 1.40 bits per heavy atom. The first kappa shape index (κ1) is 14.8. The number of hydrogen-bond donors (Lipinski definition) is 1. The highest BCUT2D eigenvalue weighted by Crippen LogP contribution is 2.20. The molecule has 0 aromatic heterocycles. The maximum absolute atomic E-state index is 12.0. The molecule has 1 aromatic rings. The number of anilines is 1. The van der Waals surface area contributed by atoms with Gasteiger partial charge in [0.1, 0.15) is 6.07 Å². The number of rotatable bonds is 3. The number of halogens is 1. The lowest BCUT2D eigenvalue weighted by molar-refractivity contribution is -0.117. The van der Waals surface area contributed by atoms with Crippen LogP contribution in [0.4, 0.5) is 5.69 Å². The molecule has 20 heavy (non-hydrogen) atoms. The fourth-order valence-corrected chi connectivity index (χ4v) is 2.29. The minimum atomic E-state index is -0.117. The van der Waals surface area contributed by atoms with Crippen molar-refractivity contribution in [2.24, 2.45) is 0 Å². The molecule has 106 valence electrons. The van der Waals surface area contributed by atoms with E-state index in [0.717, 1.165) is 26.2 Å². The summed E-state index contributed by atoms with van der Waals surface area (Å²) in [4.78, 5) is 16.4. The molecule has 1 fully saturated rings. The lowest BCUT2D eigenvalue weighted by atomic mass is 10.2. The standard InChI is InChI=1S/C14H17ClN4O/c1-18-4-6-19(7-5-18)10-14(20)17-13-8-12(15)3-2-11(13)9-16/h2-3,8H,4-7,10H2,1H3,(H,17,20). The Morgan fingerprint density at radius 2 is 2.10 bits per heavy atom. The zero-order chi connectivity index (χ0) is 14.5. The molecule has 0 bridgehead atoms. The Bertz CT molecular complexity index is 532. The highest BCUT2D eigenvalue weighted by molar-refractivity contribution is 6.31. The number of hydrogen-bond acceptors (Lipinski definition) is 4. The number of amides is 1. The van der Waals surface area contributed by atoms with Crippen LogP contribution in [0.25, 0.3) is 0 Å². The third kappa shape index (κ3) is 3.94. The zero-order valence-electron chi connectivity index (χ0n) is 11.4. The molecule has 5 nitrogen and oxygen atoms in total. The van der Waals surface area contributed by atoms with Gasteiger partial charge in [0.15, 0.2) is 0 Å². The summed E-state index contributed by atoms with van der Waals surface area (Å²) < 4.78 is 0. The first-order valence-electron chi connectivity index (χ1n) is 6.49. The lowest BCUT2D eigenvalue weighted by Gasteiger charge is -2.31. The molecule has 2 rings (SSSR count). The van der Waals surface area contributed by atoms with Crippen molar-refractivity contribution >= 4 is 23.2 Å². The molecule has 1 amide bonds. The molecule has 1 aromatic carbocycles. The number of nitrogens with one attached hydrogen (secondary N) is 1. The van der Waals surface area contributed by atoms with E-state index < -0.39 is 0 Å². The van der Waals surface area contributed by atoms with Crippen molar-refractivity contribution in [1.29, 1.82) is 5.26 Å². The van der Waals surface area contributed by atoms with Gasteiger partial charge in [0, 0.05) is 31.2 Å². The highest BCUT2D eigenvalue weighted by atomic mass is 35.5. The first-order valence-corrected chi connectivity index (χ1v) is 6.86. The molecule has 1 aliphatic heterocycles. The van der Waals surface area contributed by atoms with Crippen LogP contribution < -0.4 is 5.32 Å². The van der Waals surface area contributed by atoms with Gasteiger partial charge in [-0.2, -0.15) is 5.26 Å². The Kier molecular flexibility index (Phi) is 4.96. The summed E-state index contributed by atoms with van der Waals surface area (Å²) in [5, 5.41) is 12.3. The summed E-state index contributed by atoms with van der Waals surface area (Å²) >= 11 is 5.89. The van der Waals surface area contributed by atoms with Crippen molar-refractivity contribution in [2.45, 2.75) is 0 Å². The Hall–Kier alpha value is -1.61. The van der Waals surface area contributed by atoms with E-state index in [1.54, 1.807) is 18.2 Å². The van der Waals surface area contributed by atoms with E-state index >= 15 is 0 Å². The van der Waals surface area contributed by atoms with Crippen molar-refractivity contribution in [3.8, 4) is 6.07 Å². The van der Waals surface area contributed by atoms with Gasteiger partial charge in [-0.15, -0.1) is 0 Å². The van der Waals surface area contributed by atoms with Gasteiger partial charge in [0.05, 0.1) is 17.8 Å². The molecule has 1 heterocycles. The molecule has 1 aliphatic rings. The fraction of sp³-hybridized carbons (Fsp3) is 0.429. The number of nitriles is 1. The van der Waals surface area contributed by atoms with Crippen LogP contribution in [0.2, 0.25) is 5.02 Å². The molecule has 1 N–H and O–H groups in total. The molecule has 0 aliphatic carbocycles. The van der Waals surface area contributed by atoms with Crippen LogP contribution in [-0.4, -0.2) is 55.5 Å². The topological polar surface area (TPSA) is 59.4 Å². The van der Waals surface area contributed by atoms with Gasteiger partial charge in [-0.3, -0.25) is 9.69 Å². The highest BCUT2D eigenvalue weighted by Gasteiger charge is 2.17. The third-order valence-corrected chi connectivity index (χ3v) is 3.57. The molecule has 0 saturated carbocycles. The largest absolute Gasteiger partial charge is 0.324 e. The molecule has 6 heteroatoms. The van der Waals surface area contributed by atoms with Crippen LogP contribution in [0, 0.1) is 11.3 Å². The van der Waals surface area contributed by atoms with Crippen LogP contribution in [0.15, 0.2) is 18.2 Å². The average Bonchev–Trinajstić information content (AvgIpc) is 2.41. The quantitative estimate of drug-likeness (QED) is 0.915. The van der Waals surface area contributed by atoms with Gasteiger partial charge in [0.2, 0.25) is 5.91 Å². The van der Waals surface area contributed by atoms with Crippen molar-refractivity contribution < 1.29 is 4.79 Å². The maximum Gasteiger partial charge on any atom is 0.238 e. The second kappa shape index (κ2) is 6.71. The fourth-order valence-electron chi connectivity index (χ4n) is 2.12. The number of nitrogens with zero attached hydrogens (tertiary/aromatic N) is 3. The second-order valence-corrected chi connectivity index (χ2v) is 5.37. The van der Waals surface area contributed by atoms with Gasteiger partial charge in [-0.05, 0) is 25.2 Å². The normalized spacial score (nSPS) is 16.6. The predicted molar refractivity (Wildman–Crippen MR) is 78.7 cm³/mol. The van der Waals surface area contributed by atoms with Crippen LogP contribution in [0.5, 0.6) is 0 Å². The number of carbonyl (C=O) groups is 1. The van der Waals surface area contributed by atoms with E-state index in [1.807, 2.05) is 6.07 Å². The van der Waals surface area contributed by atoms with Crippen LogP contribution in [0.3, 0.4) is 0 Å². The van der Waals surface area contributed by atoms with E-state index in [2.05, 4.69) is 22.2 Å². The van der Waals surface area contributed by atoms with Gasteiger partial charge < -0.3 is 10.2 Å². The first-order chi connectivity index (χ1) is 9.58. The average molecular weight is 293 g/mol. The third-order valence-electron chi connectivity index (χ3n) is 3.34. The van der Waals surface area contributed by atoms with Crippen LogP contribution in [0.1, 0.15) is 5.56 Å². The minimum absolute atomic E-state index is 0.117. The number of piperazine rings is 1. The Balaban J connectivity index is 1.95. The van der Waals surface area contributed by atoms with E-state index in [-0.39, 0.29) is 5.91 Å². The minimum Gasteiger partial charge on any atom is -0.324 e. The van der Waals surface area contributed by atoms with Gasteiger partial charge in [-0.25, -0.2) is 0 Å². The van der Waals surface area contributed by atoms with Gasteiger partial charge in [0.25, 0.3) is 0 Å². The monoisotopic (exact) mass is 292 g/mol. The molecular weight excluding hydrogens is 276 g/mol. The summed E-state index contributed by atoms with van der Waals surface area (Å²) in [6.45, 7) is 4.03. The number of likely N-dealkylation sites (N-methyl/N-ethyl adjacent to an activating group) is 1. The van der Waals surface area contributed by atoms with E-state index in [1.165, 1.54) is 0 Å². The van der Waals surface area contributed by atoms with Crippen molar-refractivity contribution in [2.75, 3.05) is 45.1 Å². The predicted octanol–water partition coefficient (Wildman–Crippen LogP) is 1.40. The van der Waals surface area contributed by atoms with Crippen molar-refractivity contribution in [3.63, 3.8) is 0 Å². The van der Waals surface area contributed by atoms with Gasteiger partial charge in [-0.1, -0.05) is 11.6 Å². The molecule has 0 radical (unpaired) electrons. The van der Waals surface area contributed by atoms with E-state index in [0.29, 0.717) is 22.8 Å². The van der Waals surface area contributed by atoms with E-state index in [4.69, 9.17) is 16.9 Å². The molecular formula is C14H17ClN4O. The molecule has 0 atom stereocenters. The summed E-state index contributed by atoms with van der Waals surface area (Å²) in [7, 11) is 2.07. The summed E-state index contributed by atoms with van der Waals surface area (Å²) in [5.74, 6) is -0.117. The zero-order valence-corrected chi connectivity index (χ0v) is 12.2. The Morgan fingerprint density at radius 3 is 2.75 bits per heavy atom. The lowest BCUT2D eigenvalue weighted by Crippen LogP contribution is -2.47. The molecule has 1 saturated heterocycles. The molecule has 0 spiro atoms.